The minimum Gasteiger partial charge on any atom is -0.457 e. The van der Waals surface area contributed by atoms with E-state index in [4.69, 9.17) is 4.74 Å². The first kappa shape index (κ1) is 20.3. The van der Waals surface area contributed by atoms with Crippen LogP contribution in [0, 0.1) is 6.92 Å². The van der Waals surface area contributed by atoms with Gasteiger partial charge in [-0.15, -0.1) is 0 Å². The number of rotatable bonds is 6. The second kappa shape index (κ2) is 8.46. The summed E-state index contributed by atoms with van der Waals surface area (Å²) < 4.78 is 10.4. The van der Waals surface area contributed by atoms with Crippen LogP contribution in [0.15, 0.2) is 103 Å². The maximum atomic E-state index is 13.4. The Morgan fingerprint density at radius 2 is 1.47 bits per heavy atom. The number of carbonyl (C=O) groups is 1. The molecule has 0 amide bonds. The number of ether oxygens (including phenoxy) is 1. The van der Waals surface area contributed by atoms with Crippen molar-refractivity contribution >= 4 is 5.97 Å². The first-order valence-electron chi connectivity index (χ1n) is 11.1. The molecule has 4 aromatic rings. The number of nitrogens with zero attached hydrogens (tertiary/aromatic N) is 2. The summed E-state index contributed by atoms with van der Waals surface area (Å²) in [5.74, 6) is 0.976. The van der Waals surface area contributed by atoms with Gasteiger partial charge in [-0.1, -0.05) is 91.0 Å². The van der Waals surface area contributed by atoms with Crippen LogP contribution in [0.2, 0.25) is 0 Å². The Morgan fingerprint density at radius 3 is 2.06 bits per heavy atom. The number of cyclic esters (lactones) is 1. The smallest absolute Gasteiger partial charge is 0.321 e. The Kier molecular flexibility index (Phi) is 5.36. The predicted molar refractivity (Wildman–Crippen MR) is 123 cm³/mol. The lowest BCUT2D eigenvalue weighted by atomic mass is 9.72. The monoisotopic (exact) mass is 423 g/mol. The predicted octanol–water partition coefficient (Wildman–Crippen LogP) is 4.43. The van der Waals surface area contributed by atoms with Crippen molar-refractivity contribution in [2.45, 2.75) is 38.0 Å². The summed E-state index contributed by atoms with van der Waals surface area (Å²) >= 11 is 0. The third-order valence-electron chi connectivity index (χ3n) is 6.54. The number of hydrogen-bond donors (Lipinski definition) is 0. The Balaban J connectivity index is 1.42. The lowest BCUT2D eigenvalue weighted by Crippen LogP contribution is -2.36. The fourth-order valence-electron chi connectivity index (χ4n) is 4.80. The van der Waals surface area contributed by atoms with Crippen molar-refractivity contribution in [3.05, 3.63) is 126 Å². The van der Waals surface area contributed by atoms with Crippen molar-refractivity contribution in [3.63, 3.8) is 0 Å². The summed E-state index contributed by atoms with van der Waals surface area (Å²) in [6.45, 7) is 3.57. The summed E-state index contributed by atoms with van der Waals surface area (Å²) in [5, 5.41) is 0. The molecule has 0 bridgehead atoms. The number of aromatic nitrogens is 2. The molecular weight excluding hydrogens is 396 g/mol. The van der Waals surface area contributed by atoms with Crippen LogP contribution in [0.1, 0.15) is 28.9 Å². The lowest BCUT2D eigenvalue weighted by Gasteiger charge is -2.26. The highest BCUT2D eigenvalue weighted by Gasteiger charge is 2.52. The van der Waals surface area contributed by atoms with Gasteiger partial charge in [-0.3, -0.25) is 4.79 Å². The number of esters is 1. The van der Waals surface area contributed by atoms with Gasteiger partial charge in [-0.05, 0) is 16.7 Å². The van der Waals surface area contributed by atoms with E-state index in [2.05, 4.69) is 52.7 Å². The maximum absolute atomic E-state index is 13.4. The van der Waals surface area contributed by atoms with E-state index in [0.29, 0.717) is 13.0 Å². The largest absolute Gasteiger partial charge is 0.457 e. The summed E-state index contributed by atoms with van der Waals surface area (Å²) in [6, 6.07) is 30.5. The molecule has 1 fully saturated rings. The van der Waals surface area contributed by atoms with Crippen molar-refractivity contribution in [3.8, 4) is 0 Å². The van der Waals surface area contributed by atoms with Crippen LogP contribution in [-0.4, -0.2) is 16.6 Å². The molecule has 160 valence electrons. The minimum absolute atomic E-state index is 0.165. The highest BCUT2D eigenvalue weighted by atomic mass is 16.6. The average molecular weight is 424 g/mol. The number of hydrogen-bond acceptors (Lipinski definition) is 2. The first-order chi connectivity index (χ1) is 15.7. The van der Waals surface area contributed by atoms with Crippen LogP contribution in [-0.2, 0) is 28.0 Å². The van der Waals surface area contributed by atoms with Crippen molar-refractivity contribution in [2.24, 2.45) is 0 Å². The van der Waals surface area contributed by atoms with E-state index in [1.54, 1.807) is 0 Å². The van der Waals surface area contributed by atoms with E-state index < -0.39 is 5.41 Å². The zero-order chi connectivity index (χ0) is 22.0. The Labute approximate surface area is 188 Å². The topological polar surface area (TPSA) is 35.1 Å². The molecule has 0 spiro atoms. The molecule has 5 rings (SSSR count). The van der Waals surface area contributed by atoms with Crippen LogP contribution >= 0.6 is 0 Å². The van der Waals surface area contributed by atoms with E-state index in [-0.39, 0.29) is 12.1 Å². The zero-order valence-electron chi connectivity index (χ0n) is 18.2. The molecular formula is C28H27N2O2+. The van der Waals surface area contributed by atoms with Gasteiger partial charge >= 0.3 is 5.97 Å². The molecule has 0 saturated carbocycles. The van der Waals surface area contributed by atoms with Gasteiger partial charge in [0.1, 0.15) is 37.0 Å². The van der Waals surface area contributed by atoms with Gasteiger partial charge in [0.2, 0.25) is 0 Å². The van der Waals surface area contributed by atoms with Gasteiger partial charge in [0.25, 0.3) is 5.82 Å². The van der Waals surface area contributed by atoms with Gasteiger partial charge in [-0.2, -0.15) is 0 Å². The van der Waals surface area contributed by atoms with Crippen LogP contribution in [0.3, 0.4) is 0 Å². The third-order valence-corrected chi connectivity index (χ3v) is 6.54. The van der Waals surface area contributed by atoms with Crippen LogP contribution in [0.25, 0.3) is 0 Å². The summed E-state index contributed by atoms with van der Waals surface area (Å²) in [5.41, 5.74) is 2.47. The quantitative estimate of drug-likeness (QED) is 0.340. The second-order valence-electron chi connectivity index (χ2n) is 8.48. The van der Waals surface area contributed by atoms with E-state index in [1.807, 2.05) is 66.7 Å². The van der Waals surface area contributed by atoms with E-state index in [1.165, 1.54) is 5.56 Å². The minimum atomic E-state index is -0.770. The Bertz CT molecular complexity index is 1160. The molecule has 0 radical (unpaired) electrons. The molecule has 3 aromatic carbocycles. The summed E-state index contributed by atoms with van der Waals surface area (Å²) in [7, 11) is 0. The average Bonchev–Trinajstić information content (AvgIpc) is 3.36. The van der Waals surface area contributed by atoms with Crippen molar-refractivity contribution in [1.29, 1.82) is 0 Å². The van der Waals surface area contributed by atoms with Gasteiger partial charge < -0.3 is 4.74 Å². The molecule has 1 saturated heterocycles. The molecule has 1 aliphatic heterocycles. The zero-order valence-corrected chi connectivity index (χ0v) is 18.2. The molecule has 1 aliphatic rings. The number of carbonyl (C=O) groups excluding carboxylic acids is 1. The van der Waals surface area contributed by atoms with Gasteiger partial charge in [0, 0.05) is 13.3 Å². The van der Waals surface area contributed by atoms with Gasteiger partial charge in [0.15, 0.2) is 0 Å². The Hall–Kier alpha value is -3.66. The molecule has 1 atom stereocenters. The molecule has 0 N–H and O–H groups in total. The van der Waals surface area contributed by atoms with Gasteiger partial charge in [-0.25, -0.2) is 9.13 Å². The maximum Gasteiger partial charge on any atom is 0.321 e. The molecule has 4 heteroatoms. The fraction of sp³-hybridized carbons (Fsp3) is 0.214. The molecule has 0 aliphatic carbocycles. The molecule has 1 aromatic heterocycles. The summed E-state index contributed by atoms with van der Waals surface area (Å²) in [6.07, 6.45) is 4.60. The van der Waals surface area contributed by atoms with E-state index in [0.717, 1.165) is 23.5 Å². The van der Waals surface area contributed by atoms with E-state index in [9.17, 15) is 4.79 Å². The van der Waals surface area contributed by atoms with E-state index >= 15 is 0 Å². The molecule has 32 heavy (non-hydrogen) atoms. The third kappa shape index (κ3) is 3.62. The molecule has 1 unspecified atom stereocenters. The fourth-order valence-corrected chi connectivity index (χ4v) is 4.80. The van der Waals surface area contributed by atoms with Crippen molar-refractivity contribution in [2.75, 3.05) is 0 Å². The lowest BCUT2D eigenvalue weighted by molar-refractivity contribution is -0.694. The van der Waals surface area contributed by atoms with Crippen LogP contribution in [0.4, 0.5) is 0 Å². The highest BCUT2D eigenvalue weighted by molar-refractivity contribution is 5.89. The first-order valence-corrected chi connectivity index (χ1v) is 11.1. The van der Waals surface area contributed by atoms with Crippen LogP contribution < -0.4 is 4.57 Å². The van der Waals surface area contributed by atoms with Crippen LogP contribution in [0.5, 0.6) is 0 Å². The van der Waals surface area contributed by atoms with Gasteiger partial charge in [0.05, 0.1) is 0 Å². The standard InChI is InChI=1S/C28H27N2O2/c1-22-29(20-23-11-5-2-6-12-23)17-18-30(22)21-26-19-28(27(31)32-26,24-13-7-3-8-14-24)25-15-9-4-10-16-25/h2-18,26H,19-21H2,1H3/q+1. The van der Waals surface area contributed by atoms with Crippen molar-refractivity contribution < 1.29 is 14.1 Å². The Morgan fingerprint density at radius 1 is 0.906 bits per heavy atom. The highest BCUT2D eigenvalue weighted by Crippen LogP contribution is 2.43. The second-order valence-corrected chi connectivity index (χ2v) is 8.48. The normalized spacial score (nSPS) is 17.3. The number of imidazole rings is 1. The SMILES string of the molecule is Cc1n(CC2CC(c3ccccc3)(c3ccccc3)C(=O)O2)cc[n+]1Cc1ccccc1. The van der Waals surface area contributed by atoms with Crippen molar-refractivity contribution in [1.82, 2.24) is 4.57 Å². The molecule has 4 nitrogen and oxygen atoms in total. The summed E-state index contributed by atoms with van der Waals surface area (Å²) in [4.78, 5) is 13.4. The molecule has 2 heterocycles. The number of benzene rings is 3.